The maximum absolute atomic E-state index is 13.1. The average Bonchev–Trinajstić information content (AvgIpc) is 3.26. The smallest absolute Gasteiger partial charge is 0.257 e. The van der Waals surface area contributed by atoms with Crippen molar-refractivity contribution in [2.45, 2.75) is 20.4 Å². The molecule has 7 nitrogen and oxygen atoms in total. The van der Waals surface area contributed by atoms with E-state index >= 15 is 0 Å². The lowest BCUT2D eigenvalue weighted by atomic mass is 9.71. The molecule has 2 amide bonds. The number of amides is 2. The summed E-state index contributed by atoms with van der Waals surface area (Å²) in [5.41, 5.74) is 2.30. The molecule has 1 spiro atoms. The van der Waals surface area contributed by atoms with E-state index < -0.39 is 0 Å². The third-order valence-electron chi connectivity index (χ3n) is 6.64. The van der Waals surface area contributed by atoms with Crippen LogP contribution in [0.15, 0.2) is 36.5 Å². The number of carbonyl (C=O) groups excluding carboxylic acids is 2. The van der Waals surface area contributed by atoms with Crippen LogP contribution in [0, 0.1) is 18.3 Å². The van der Waals surface area contributed by atoms with Gasteiger partial charge in [0.05, 0.1) is 11.8 Å². The Labute approximate surface area is 178 Å². The maximum Gasteiger partial charge on any atom is 0.257 e. The molecule has 0 saturated carbocycles. The fraction of sp³-hybridized carbons (Fsp3) is 0.522. The van der Waals surface area contributed by atoms with Crippen molar-refractivity contribution in [2.24, 2.45) is 11.3 Å². The Hall–Kier alpha value is -2.67. The lowest BCUT2D eigenvalue weighted by Crippen LogP contribution is -2.63. The standard InChI is InChI=1S/C23H31N5O2/c1-5-28-17(2)20(11-24-28)22(30)27-15-23(16-27)14-26(13-19(23)12-25(3)4)21(29)18-9-7-6-8-10-18/h6-11,19H,5,12-16H2,1-4H3. The number of aryl methyl sites for hydroxylation is 1. The van der Waals surface area contributed by atoms with Gasteiger partial charge in [-0.25, -0.2) is 0 Å². The Morgan fingerprint density at radius 2 is 1.77 bits per heavy atom. The molecule has 7 heteroatoms. The van der Waals surface area contributed by atoms with Crippen molar-refractivity contribution in [3.63, 3.8) is 0 Å². The second-order valence-electron chi connectivity index (χ2n) is 8.99. The topological polar surface area (TPSA) is 61.7 Å². The van der Waals surface area contributed by atoms with E-state index in [1.165, 1.54) is 0 Å². The lowest BCUT2D eigenvalue weighted by Gasteiger charge is -2.51. The molecule has 160 valence electrons. The van der Waals surface area contributed by atoms with Gasteiger partial charge in [-0.1, -0.05) is 18.2 Å². The van der Waals surface area contributed by atoms with Gasteiger partial charge in [0.25, 0.3) is 11.8 Å². The molecule has 30 heavy (non-hydrogen) atoms. The van der Waals surface area contributed by atoms with Crippen molar-refractivity contribution in [1.82, 2.24) is 24.5 Å². The van der Waals surface area contributed by atoms with Crippen molar-refractivity contribution in [3.8, 4) is 0 Å². The number of hydrogen-bond donors (Lipinski definition) is 0. The summed E-state index contributed by atoms with van der Waals surface area (Å²) in [6, 6.07) is 9.48. The molecule has 1 unspecified atom stereocenters. The zero-order valence-electron chi connectivity index (χ0n) is 18.3. The van der Waals surface area contributed by atoms with Gasteiger partial charge in [-0.3, -0.25) is 14.3 Å². The van der Waals surface area contributed by atoms with Gasteiger partial charge in [-0.15, -0.1) is 0 Å². The summed E-state index contributed by atoms with van der Waals surface area (Å²) in [6.45, 7) is 8.47. The molecule has 2 aliphatic heterocycles. The van der Waals surface area contributed by atoms with Crippen molar-refractivity contribution >= 4 is 11.8 Å². The third-order valence-corrected chi connectivity index (χ3v) is 6.64. The minimum absolute atomic E-state index is 0.0287. The molecular weight excluding hydrogens is 378 g/mol. The molecule has 2 fully saturated rings. The molecule has 2 aromatic rings. The van der Waals surface area contributed by atoms with E-state index in [4.69, 9.17) is 0 Å². The summed E-state index contributed by atoms with van der Waals surface area (Å²) in [5.74, 6) is 0.485. The van der Waals surface area contributed by atoms with Crippen molar-refractivity contribution in [2.75, 3.05) is 46.8 Å². The molecule has 2 aliphatic rings. The van der Waals surface area contributed by atoms with Gasteiger partial charge in [0.15, 0.2) is 0 Å². The van der Waals surface area contributed by atoms with E-state index in [0.717, 1.165) is 30.9 Å². The minimum Gasteiger partial charge on any atom is -0.338 e. The first-order valence-electron chi connectivity index (χ1n) is 10.7. The number of hydrogen-bond acceptors (Lipinski definition) is 4. The highest BCUT2D eigenvalue weighted by Crippen LogP contribution is 2.45. The second-order valence-corrected chi connectivity index (χ2v) is 8.99. The Morgan fingerprint density at radius 1 is 1.10 bits per heavy atom. The second kappa shape index (κ2) is 7.87. The number of nitrogens with zero attached hydrogens (tertiary/aromatic N) is 5. The average molecular weight is 410 g/mol. The number of carbonyl (C=O) groups is 2. The molecule has 0 N–H and O–H groups in total. The highest BCUT2D eigenvalue weighted by molar-refractivity contribution is 5.96. The van der Waals surface area contributed by atoms with E-state index in [1.54, 1.807) is 6.20 Å². The predicted molar refractivity (Wildman–Crippen MR) is 115 cm³/mol. The third kappa shape index (κ3) is 3.51. The molecule has 0 aliphatic carbocycles. The largest absolute Gasteiger partial charge is 0.338 e. The van der Waals surface area contributed by atoms with Gasteiger partial charge >= 0.3 is 0 Å². The fourth-order valence-corrected chi connectivity index (χ4v) is 5.00. The SMILES string of the molecule is CCn1ncc(C(=O)N2CC3(CN(C(=O)c4ccccc4)CC3CN(C)C)C2)c1C. The fourth-order valence-electron chi connectivity index (χ4n) is 5.00. The van der Waals surface area contributed by atoms with E-state index in [2.05, 4.69) is 24.1 Å². The number of likely N-dealkylation sites (tertiary alicyclic amines) is 2. The van der Waals surface area contributed by atoms with Gasteiger partial charge in [-0.05, 0) is 46.0 Å². The minimum atomic E-state index is -0.0287. The van der Waals surface area contributed by atoms with Crippen molar-refractivity contribution in [3.05, 3.63) is 53.3 Å². The molecule has 3 heterocycles. The lowest BCUT2D eigenvalue weighted by molar-refractivity contribution is -0.0148. The Balaban J connectivity index is 1.50. The molecule has 1 atom stereocenters. The van der Waals surface area contributed by atoms with Crippen LogP contribution in [0.3, 0.4) is 0 Å². The zero-order chi connectivity index (χ0) is 21.5. The summed E-state index contributed by atoms with van der Waals surface area (Å²) >= 11 is 0. The Bertz CT molecular complexity index is 930. The number of rotatable bonds is 5. The van der Waals surface area contributed by atoms with Crippen molar-refractivity contribution < 1.29 is 9.59 Å². The zero-order valence-corrected chi connectivity index (χ0v) is 18.3. The van der Waals surface area contributed by atoms with Gasteiger partial charge < -0.3 is 14.7 Å². The highest BCUT2D eigenvalue weighted by atomic mass is 16.2. The van der Waals surface area contributed by atoms with E-state index in [1.807, 2.05) is 58.7 Å². The summed E-state index contributed by atoms with van der Waals surface area (Å²) in [4.78, 5) is 32.2. The first-order chi connectivity index (χ1) is 14.3. The molecule has 2 saturated heterocycles. The van der Waals surface area contributed by atoms with Gasteiger partial charge in [0.2, 0.25) is 0 Å². The van der Waals surface area contributed by atoms with Crippen LogP contribution in [0.4, 0.5) is 0 Å². The molecular formula is C23H31N5O2. The molecule has 1 aromatic carbocycles. The van der Waals surface area contributed by atoms with Crippen molar-refractivity contribution in [1.29, 1.82) is 0 Å². The summed E-state index contributed by atoms with van der Waals surface area (Å²) in [6.07, 6.45) is 1.68. The van der Waals surface area contributed by atoms with Crippen LogP contribution in [0.5, 0.6) is 0 Å². The molecule has 0 bridgehead atoms. The first kappa shape index (κ1) is 20.6. The molecule has 1 aromatic heterocycles. The summed E-state index contributed by atoms with van der Waals surface area (Å²) in [5, 5.41) is 4.32. The van der Waals surface area contributed by atoms with Gasteiger partial charge in [0.1, 0.15) is 0 Å². The highest BCUT2D eigenvalue weighted by Gasteiger charge is 2.56. The maximum atomic E-state index is 13.1. The van der Waals surface area contributed by atoms with Crippen LogP contribution < -0.4 is 0 Å². The molecule has 4 rings (SSSR count). The van der Waals surface area contributed by atoms with E-state index in [0.29, 0.717) is 31.1 Å². The van der Waals surface area contributed by atoms with Crippen LogP contribution in [0.25, 0.3) is 0 Å². The number of aromatic nitrogens is 2. The van der Waals surface area contributed by atoms with Gasteiger partial charge in [0, 0.05) is 55.9 Å². The van der Waals surface area contributed by atoms with E-state index in [9.17, 15) is 9.59 Å². The predicted octanol–water partition coefficient (Wildman–Crippen LogP) is 1.99. The van der Waals surface area contributed by atoms with E-state index in [-0.39, 0.29) is 17.2 Å². The van der Waals surface area contributed by atoms with Gasteiger partial charge in [-0.2, -0.15) is 5.10 Å². The Kier molecular flexibility index (Phi) is 5.40. The monoisotopic (exact) mass is 409 g/mol. The number of benzene rings is 1. The van der Waals surface area contributed by atoms with Crippen LogP contribution in [-0.4, -0.2) is 83.1 Å². The quantitative estimate of drug-likeness (QED) is 0.758. The van der Waals surface area contributed by atoms with Crippen LogP contribution in [0.2, 0.25) is 0 Å². The molecule has 0 radical (unpaired) electrons. The summed E-state index contributed by atoms with van der Waals surface area (Å²) in [7, 11) is 4.14. The first-order valence-corrected chi connectivity index (χ1v) is 10.7. The normalized spacial score (nSPS) is 20.1. The Morgan fingerprint density at radius 3 is 2.37 bits per heavy atom. The summed E-state index contributed by atoms with van der Waals surface area (Å²) < 4.78 is 1.85. The van der Waals surface area contributed by atoms with Crippen LogP contribution in [0.1, 0.15) is 33.3 Å². The van der Waals surface area contributed by atoms with Crippen LogP contribution >= 0.6 is 0 Å². The van der Waals surface area contributed by atoms with Crippen LogP contribution in [-0.2, 0) is 6.54 Å².